The molecular weight excluding hydrogens is 340 g/mol. The normalized spacial score (nSPS) is 10.9. The number of hydrogen-bond acceptors (Lipinski definition) is 4. The molecule has 0 heterocycles. The van der Waals surface area contributed by atoms with Crippen molar-refractivity contribution in [2.24, 2.45) is 5.10 Å². The highest BCUT2D eigenvalue weighted by Crippen LogP contribution is 2.11. The van der Waals surface area contributed by atoms with E-state index in [0.29, 0.717) is 17.0 Å². The smallest absolute Gasteiger partial charge is 0.409 e. The van der Waals surface area contributed by atoms with Gasteiger partial charge in [-0.05, 0) is 17.7 Å². The van der Waals surface area contributed by atoms with Crippen LogP contribution in [0.4, 0.5) is 4.79 Å². The van der Waals surface area contributed by atoms with Crippen LogP contribution in [0.1, 0.15) is 22.3 Å². The first-order chi connectivity index (χ1) is 13.2. The van der Waals surface area contributed by atoms with Gasteiger partial charge in [0.05, 0.1) is 12.1 Å². The molecule has 0 spiro atoms. The number of carbonyl (C=O) groups excluding carboxylic acids is 2. The predicted octanol–water partition coefficient (Wildman–Crippen LogP) is 4.45. The Balaban J connectivity index is 1.74. The van der Waals surface area contributed by atoms with E-state index in [-0.39, 0.29) is 12.2 Å². The maximum atomic E-state index is 12.5. The van der Waals surface area contributed by atoms with Gasteiger partial charge >= 0.3 is 6.09 Å². The molecule has 3 rings (SSSR count). The minimum Gasteiger partial charge on any atom is -0.409 e. The summed E-state index contributed by atoms with van der Waals surface area (Å²) < 4.78 is 5.15. The second-order valence-corrected chi connectivity index (χ2v) is 5.70. The van der Waals surface area contributed by atoms with E-state index in [2.05, 4.69) is 10.5 Å². The van der Waals surface area contributed by atoms with Crippen molar-refractivity contribution in [1.82, 2.24) is 5.43 Å². The maximum absolute atomic E-state index is 12.5. The van der Waals surface area contributed by atoms with Crippen molar-refractivity contribution in [3.8, 4) is 5.75 Å². The number of carbonyl (C=O) groups is 2. The number of para-hydroxylation sites is 1. The molecule has 0 atom stereocenters. The predicted molar refractivity (Wildman–Crippen MR) is 104 cm³/mol. The molecule has 0 radical (unpaired) electrons. The largest absolute Gasteiger partial charge is 0.433 e. The lowest BCUT2D eigenvalue weighted by atomic mass is 10.0. The molecule has 1 amide bonds. The van der Waals surface area contributed by atoms with Crippen LogP contribution in [0.25, 0.3) is 0 Å². The summed E-state index contributed by atoms with van der Waals surface area (Å²) in [6.07, 6.45) is -0.665. The van der Waals surface area contributed by atoms with Crippen LogP contribution in [0.2, 0.25) is 0 Å². The quantitative estimate of drug-likeness (QED) is 0.402. The molecule has 0 fully saturated rings. The van der Waals surface area contributed by atoms with Crippen LogP contribution in [-0.4, -0.2) is 17.6 Å². The van der Waals surface area contributed by atoms with Gasteiger partial charge in [-0.3, -0.25) is 4.79 Å². The Morgan fingerprint density at radius 2 is 1.26 bits per heavy atom. The zero-order chi connectivity index (χ0) is 18.9. The van der Waals surface area contributed by atoms with Gasteiger partial charge in [-0.2, -0.15) is 5.10 Å². The van der Waals surface area contributed by atoms with Gasteiger partial charge in [0, 0.05) is 5.56 Å². The molecule has 134 valence electrons. The van der Waals surface area contributed by atoms with E-state index in [1.165, 1.54) is 0 Å². The minimum atomic E-state index is -0.721. The van der Waals surface area contributed by atoms with Crippen molar-refractivity contribution >= 4 is 17.6 Å². The van der Waals surface area contributed by atoms with Gasteiger partial charge in [-0.1, -0.05) is 78.9 Å². The van der Waals surface area contributed by atoms with Crippen LogP contribution in [0, 0.1) is 0 Å². The molecule has 5 nitrogen and oxygen atoms in total. The van der Waals surface area contributed by atoms with E-state index in [1.807, 2.05) is 54.6 Å². The molecule has 0 aliphatic heterocycles. The lowest BCUT2D eigenvalue weighted by molar-refractivity contribution is 0.100. The van der Waals surface area contributed by atoms with Gasteiger partial charge in [-0.25, -0.2) is 10.2 Å². The van der Waals surface area contributed by atoms with Crippen molar-refractivity contribution in [1.29, 1.82) is 0 Å². The highest BCUT2D eigenvalue weighted by Gasteiger charge is 2.13. The molecular formula is C22H18N2O3. The number of hydrogen-bond donors (Lipinski definition) is 1. The van der Waals surface area contributed by atoms with Crippen LogP contribution >= 0.6 is 0 Å². The number of ketones is 1. The van der Waals surface area contributed by atoms with Gasteiger partial charge in [0.1, 0.15) is 5.75 Å². The molecule has 27 heavy (non-hydrogen) atoms. The summed E-state index contributed by atoms with van der Waals surface area (Å²) in [6.45, 7) is 0. The van der Waals surface area contributed by atoms with Crippen molar-refractivity contribution in [2.45, 2.75) is 6.42 Å². The third-order valence-electron chi connectivity index (χ3n) is 3.77. The third-order valence-corrected chi connectivity index (χ3v) is 3.77. The summed E-state index contributed by atoms with van der Waals surface area (Å²) in [5, 5.41) is 4.13. The van der Waals surface area contributed by atoms with Crippen molar-refractivity contribution in [3.05, 3.63) is 102 Å². The number of rotatable bonds is 6. The van der Waals surface area contributed by atoms with Crippen LogP contribution in [0.5, 0.6) is 5.75 Å². The first-order valence-electron chi connectivity index (χ1n) is 8.45. The van der Waals surface area contributed by atoms with Gasteiger partial charge in [0.25, 0.3) is 0 Å². The molecule has 0 aromatic heterocycles. The van der Waals surface area contributed by atoms with Gasteiger partial charge in [0.15, 0.2) is 5.78 Å². The SMILES string of the molecule is O=C(N/N=C(\CC(=O)c1ccccc1)c1ccccc1)Oc1ccccc1. The topological polar surface area (TPSA) is 67.8 Å². The number of benzene rings is 3. The summed E-state index contributed by atoms with van der Waals surface area (Å²) in [5.41, 5.74) is 4.16. The number of ether oxygens (including phenoxy) is 1. The fraction of sp³-hybridized carbons (Fsp3) is 0.0455. The van der Waals surface area contributed by atoms with E-state index in [4.69, 9.17) is 4.74 Å². The summed E-state index contributed by atoms with van der Waals surface area (Å²) in [6, 6.07) is 26.9. The second-order valence-electron chi connectivity index (χ2n) is 5.70. The molecule has 0 saturated carbocycles. The molecule has 0 saturated heterocycles. The number of nitrogens with one attached hydrogen (secondary N) is 1. The van der Waals surface area contributed by atoms with E-state index in [9.17, 15) is 9.59 Å². The van der Waals surface area contributed by atoms with Gasteiger partial charge < -0.3 is 4.74 Å². The number of hydrazone groups is 1. The maximum Gasteiger partial charge on any atom is 0.433 e. The Labute approximate surface area is 157 Å². The fourth-order valence-corrected chi connectivity index (χ4v) is 2.45. The molecule has 3 aromatic carbocycles. The van der Waals surface area contributed by atoms with Crippen molar-refractivity contribution < 1.29 is 14.3 Å². The molecule has 1 N–H and O–H groups in total. The summed E-state index contributed by atoms with van der Waals surface area (Å²) in [4.78, 5) is 24.5. The van der Waals surface area contributed by atoms with Crippen LogP contribution in [0.15, 0.2) is 96.1 Å². The third kappa shape index (κ3) is 5.37. The number of amides is 1. The number of nitrogens with zero attached hydrogens (tertiary/aromatic N) is 1. The lowest BCUT2D eigenvalue weighted by Gasteiger charge is -2.08. The highest BCUT2D eigenvalue weighted by atomic mass is 16.6. The van der Waals surface area contributed by atoms with E-state index in [0.717, 1.165) is 5.56 Å². The van der Waals surface area contributed by atoms with Crippen molar-refractivity contribution in [3.63, 3.8) is 0 Å². The standard InChI is InChI=1S/C22H18N2O3/c25-21(18-12-6-2-7-13-18)16-20(17-10-4-1-5-11-17)23-24-22(26)27-19-14-8-3-9-15-19/h1-15H,16H2,(H,24,26)/b23-20+. The summed E-state index contributed by atoms with van der Waals surface area (Å²) >= 11 is 0. The van der Waals surface area contributed by atoms with Gasteiger partial charge in [-0.15, -0.1) is 0 Å². The summed E-state index contributed by atoms with van der Waals surface area (Å²) in [7, 11) is 0. The molecule has 0 aliphatic carbocycles. The van der Waals surface area contributed by atoms with Crippen LogP contribution < -0.4 is 10.2 Å². The van der Waals surface area contributed by atoms with E-state index >= 15 is 0 Å². The second kappa shape index (κ2) is 9.10. The molecule has 3 aromatic rings. The Kier molecular flexibility index (Phi) is 6.09. The Morgan fingerprint density at radius 1 is 0.741 bits per heavy atom. The Bertz CT molecular complexity index is 924. The lowest BCUT2D eigenvalue weighted by Crippen LogP contribution is -2.24. The molecule has 0 bridgehead atoms. The van der Waals surface area contributed by atoms with Crippen LogP contribution in [0.3, 0.4) is 0 Å². The highest BCUT2D eigenvalue weighted by molar-refractivity contribution is 6.15. The average Bonchev–Trinajstić information content (AvgIpc) is 2.73. The zero-order valence-electron chi connectivity index (χ0n) is 14.5. The van der Waals surface area contributed by atoms with Crippen molar-refractivity contribution in [2.75, 3.05) is 0 Å². The fourth-order valence-electron chi connectivity index (χ4n) is 2.45. The number of Topliss-reactive ketones (excluding diaryl/α,β-unsaturated/α-hetero) is 1. The average molecular weight is 358 g/mol. The molecule has 5 heteroatoms. The van der Waals surface area contributed by atoms with Crippen LogP contribution in [-0.2, 0) is 0 Å². The van der Waals surface area contributed by atoms with E-state index in [1.54, 1.807) is 36.4 Å². The monoisotopic (exact) mass is 358 g/mol. The van der Waals surface area contributed by atoms with E-state index < -0.39 is 6.09 Å². The first-order valence-corrected chi connectivity index (χ1v) is 8.45. The zero-order valence-corrected chi connectivity index (χ0v) is 14.5. The molecule has 0 unspecified atom stereocenters. The molecule has 0 aliphatic rings. The first kappa shape index (κ1) is 18.1. The van der Waals surface area contributed by atoms with Gasteiger partial charge in [0.2, 0.25) is 0 Å². The minimum absolute atomic E-state index is 0.0552. The Hall–Kier alpha value is -3.73. The summed E-state index contributed by atoms with van der Waals surface area (Å²) in [5.74, 6) is 0.322. The Morgan fingerprint density at radius 3 is 1.85 bits per heavy atom.